The van der Waals surface area contributed by atoms with Crippen LogP contribution in [0.3, 0.4) is 0 Å². The van der Waals surface area contributed by atoms with E-state index in [0.717, 1.165) is 23.0 Å². The highest BCUT2D eigenvalue weighted by atomic mass is 35.5. The number of fused-ring (bicyclic) bond motifs is 1. The second-order valence-electron chi connectivity index (χ2n) is 4.92. The van der Waals surface area contributed by atoms with Gasteiger partial charge in [0.1, 0.15) is 0 Å². The first-order valence-corrected chi connectivity index (χ1v) is 6.54. The lowest BCUT2D eigenvalue weighted by atomic mass is 10.0. The minimum Gasteiger partial charge on any atom is -0.369 e. The van der Waals surface area contributed by atoms with E-state index >= 15 is 0 Å². The number of carbonyl (C=O) groups is 1. The first-order valence-electron chi connectivity index (χ1n) is 6.16. The van der Waals surface area contributed by atoms with Gasteiger partial charge < -0.3 is 15.2 Å². The number of nitrogen functional groups attached to an aromatic ring is 1. The number of aromatic nitrogens is 2. The molecule has 1 atom stereocenters. The number of imidazole rings is 1. The molecular formula is C13H15ClN4O. The molecule has 1 unspecified atom stereocenters. The zero-order chi connectivity index (χ0) is 13.7. The molecule has 3 rings (SSSR count). The van der Waals surface area contributed by atoms with Gasteiger partial charge in [-0.25, -0.2) is 4.98 Å². The SMILES string of the molecule is CN1C(=O)CCC1c1ccc(Cl)c2c1nc(N)n2C. The lowest BCUT2D eigenvalue weighted by molar-refractivity contribution is -0.127. The van der Waals surface area contributed by atoms with Crippen molar-refractivity contribution in [2.75, 3.05) is 12.8 Å². The molecular weight excluding hydrogens is 264 g/mol. The third kappa shape index (κ3) is 1.69. The number of benzene rings is 1. The minimum absolute atomic E-state index is 0.0570. The molecule has 1 aliphatic rings. The number of hydrogen-bond acceptors (Lipinski definition) is 3. The highest BCUT2D eigenvalue weighted by Gasteiger charge is 2.31. The van der Waals surface area contributed by atoms with Gasteiger partial charge in [-0.15, -0.1) is 0 Å². The predicted molar refractivity (Wildman–Crippen MR) is 74.9 cm³/mol. The molecule has 0 spiro atoms. The lowest BCUT2D eigenvalue weighted by Gasteiger charge is -2.20. The third-order valence-electron chi connectivity index (χ3n) is 3.89. The first kappa shape index (κ1) is 12.3. The van der Waals surface area contributed by atoms with Crippen LogP contribution in [-0.4, -0.2) is 27.4 Å². The molecule has 100 valence electrons. The minimum atomic E-state index is 0.0570. The second-order valence-corrected chi connectivity index (χ2v) is 5.33. The number of likely N-dealkylation sites (tertiary alicyclic amines) is 1. The summed E-state index contributed by atoms with van der Waals surface area (Å²) in [5.41, 5.74) is 8.49. The van der Waals surface area contributed by atoms with E-state index in [4.69, 9.17) is 17.3 Å². The molecule has 0 radical (unpaired) electrons. The van der Waals surface area contributed by atoms with Crippen LogP contribution >= 0.6 is 11.6 Å². The Morgan fingerprint density at radius 3 is 2.79 bits per heavy atom. The van der Waals surface area contributed by atoms with E-state index in [9.17, 15) is 4.79 Å². The summed E-state index contributed by atoms with van der Waals surface area (Å²) in [5, 5.41) is 0.623. The molecule has 1 aromatic carbocycles. The molecule has 1 aromatic heterocycles. The Bertz CT molecular complexity index is 679. The average molecular weight is 279 g/mol. The van der Waals surface area contributed by atoms with Crippen LogP contribution in [0, 0.1) is 0 Å². The molecule has 19 heavy (non-hydrogen) atoms. The highest BCUT2D eigenvalue weighted by Crippen LogP contribution is 2.37. The highest BCUT2D eigenvalue weighted by molar-refractivity contribution is 6.35. The maximum atomic E-state index is 11.7. The van der Waals surface area contributed by atoms with Gasteiger partial charge >= 0.3 is 0 Å². The number of aryl methyl sites for hydroxylation is 1. The van der Waals surface area contributed by atoms with Crippen LogP contribution in [0.4, 0.5) is 5.95 Å². The molecule has 1 saturated heterocycles. The summed E-state index contributed by atoms with van der Waals surface area (Å²) in [6.45, 7) is 0. The van der Waals surface area contributed by atoms with E-state index in [2.05, 4.69) is 4.98 Å². The third-order valence-corrected chi connectivity index (χ3v) is 4.20. The standard InChI is InChI=1S/C13H15ClN4O/c1-17-9(5-6-10(17)19)7-3-4-8(14)12-11(7)16-13(15)18(12)2/h3-4,9H,5-6H2,1-2H3,(H2,15,16). The van der Waals surface area contributed by atoms with Crippen molar-refractivity contribution in [3.05, 3.63) is 22.7 Å². The number of nitrogens with zero attached hydrogens (tertiary/aromatic N) is 3. The maximum Gasteiger partial charge on any atom is 0.222 e. The number of anilines is 1. The smallest absolute Gasteiger partial charge is 0.222 e. The summed E-state index contributed by atoms with van der Waals surface area (Å²) in [5.74, 6) is 0.591. The van der Waals surface area contributed by atoms with Crippen molar-refractivity contribution in [2.45, 2.75) is 18.9 Å². The van der Waals surface area contributed by atoms with Gasteiger partial charge in [-0.05, 0) is 12.5 Å². The Labute approximate surface area is 116 Å². The van der Waals surface area contributed by atoms with Crippen LogP contribution in [0.15, 0.2) is 12.1 Å². The number of nitrogens with two attached hydrogens (primary N) is 1. The first-order chi connectivity index (χ1) is 9.00. The quantitative estimate of drug-likeness (QED) is 0.869. The van der Waals surface area contributed by atoms with Crippen molar-refractivity contribution in [2.24, 2.45) is 7.05 Å². The number of halogens is 1. The van der Waals surface area contributed by atoms with Gasteiger partial charge in [0, 0.05) is 26.1 Å². The summed E-state index contributed by atoms with van der Waals surface area (Å²) in [6, 6.07) is 3.84. The van der Waals surface area contributed by atoms with Gasteiger partial charge in [-0.2, -0.15) is 0 Å². The second kappa shape index (κ2) is 4.13. The average Bonchev–Trinajstić information content (AvgIpc) is 2.85. The zero-order valence-electron chi connectivity index (χ0n) is 10.9. The number of carbonyl (C=O) groups excluding carboxylic acids is 1. The summed E-state index contributed by atoms with van der Waals surface area (Å²) >= 11 is 6.22. The van der Waals surface area contributed by atoms with Crippen molar-refractivity contribution in [3.8, 4) is 0 Å². The van der Waals surface area contributed by atoms with Gasteiger partial charge in [0.15, 0.2) is 0 Å². The molecule has 2 aromatic rings. The Kier molecular flexibility index (Phi) is 2.67. The largest absolute Gasteiger partial charge is 0.369 e. The fourth-order valence-corrected chi connectivity index (χ4v) is 3.03. The summed E-state index contributed by atoms with van der Waals surface area (Å²) < 4.78 is 1.78. The Hall–Kier alpha value is -1.75. The van der Waals surface area contributed by atoms with Crippen molar-refractivity contribution < 1.29 is 4.79 Å². The van der Waals surface area contributed by atoms with E-state index in [0.29, 0.717) is 17.4 Å². The molecule has 2 heterocycles. The van der Waals surface area contributed by atoms with Crippen LogP contribution in [-0.2, 0) is 11.8 Å². The van der Waals surface area contributed by atoms with Crippen LogP contribution < -0.4 is 5.73 Å². The molecule has 6 heteroatoms. The van der Waals surface area contributed by atoms with E-state index in [1.54, 1.807) is 9.47 Å². The number of hydrogen-bond donors (Lipinski definition) is 1. The van der Waals surface area contributed by atoms with Gasteiger partial charge in [0.05, 0.1) is 22.1 Å². The molecule has 0 bridgehead atoms. The molecule has 2 N–H and O–H groups in total. The molecule has 5 nitrogen and oxygen atoms in total. The van der Waals surface area contributed by atoms with E-state index in [1.165, 1.54) is 0 Å². The molecule has 1 amide bonds. The summed E-state index contributed by atoms with van der Waals surface area (Å²) in [6.07, 6.45) is 1.39. The Morgan fingerprint density at radius 1 is 1.42 bits per heavy atom. The normalized spacial score (nSPS) is 19.6. The fourth-order valence-electron chi connectivity index (χ4n) is 2.75. The molecule has 1 fully saturated rings. The van der Waals surface area contributed by atoms with E-state index < -0.39 is 0 Å². The van der Waals surface area contributed by atoms with Crippen molar-refractivity contribution in [3.63, 3.8) is 0 Å². The van der Waals surface area contributed by atoms with Gasteiger partial charge in [0.2, 0.25) is 11.9 Å². The fraction of sp³-hybridized carbons (Fsp3) is 0.385. The molecule has 1 aliphatic heterocycles. The topological polar surface area (TPSA) is 64.2 Å². The Morgan fingerprint density at radius 2 is 2.16 bits per heavy atom. The predicted octanol–water partition coefficient (Wildman–Crippen LogP) is 2.10. The van der Waals surface area contributed by atoms with Crippen LogP contribution in [0.2, 0.25) is 5.02 Å². The number of amides is 1. The zero-order valence-corrected chi connectivity index (χ0v) is 11.6. The van der Waals surface area contributed by atoms with Crippen molar-refractivity contribution in [1.29, 1.82) is 0 Å². The summed E-state index contributed by atoms with van der Waals surface area (Å²) in [4.78, 5) is 17.8. The number of rotatable bonds is 1. The lowest BCUT2D eigenvalue weighted by Crippen LogP contribution is -2.22. The Balaban J connectivity index is 2.23. The van der Waals surface area contributed by atoms with E-state index in [1.807, 2.05) is 26.2 Å². The van der Waals surface area contributed by atoms with Crippen LogP contribution in [0.1, 0.15) is 24.4 Å². The van der Waals surface area contributed by atoms with E-state index in [-0.39, 0.29) is 11.9 Å². The van der Waals surface area contributed by atoms with Crippen molar-refractivity contribution >= 4 is 34.5 Å². The monoisotopic (exact) mass is 278 g/mol. The maximum absolute atomic E-state index is 11.7. The van der Waals surface area contributed by atoms with Crippen LogP contribution in [0.25, 0.3) is 11.0 Å². The molecule has 0 saturated carbocycles. The van der Waals surface area contributed by atoms with Gasteiger partial charge in [0.25, 0.3) is 0 Å². The van der Waals surface area contributed by atoms with Crippen LogP contribution in [0.5, 0.6) is 0 Å². The van der Waals surface area contributed by atoms with Crippen molar-refractivity contribution in [1.82, 2.24) is 14.5 Å². The van der Waals surface area contributed by atoms with Gasteiger partial charge in [-0.3, -0.25) is 4.79 Å². The molecule has 0 aliphatic carbocycles. The summed E-state index contributed by atoms with van der Waals surface area (Å²) in [7, 11) is 3.66. The van der Waals surface area contributed by atoms with Gasteiger partial charge in [-0.1, -0.05) is 17.7 Å².